The number of ether oxygens (including phenoxy) is 1. The van der Waals surface area contributed by atoms with Gasteiger partial charge in [0.15, 0.2) is 0 Å². The van der Waals surface area contributed by atoms with Gasteiger partial charge >= 0.3 is 6.09 Å². The molecule has 2 bridgehead atoms. The topological polar surface area (TPSA) is 29.5 Å². The van der Waals surface area contributed by atoms with Gasteiger partial charge in [-0.15, -0.1) is 0 Å². The molecular formula is C21H35NO2. The summed E-state index contributed by atoms with van der Waals surface area (Å²) in [7, 11) is 0. The van der Waals surface area contributed by atoms with Crippen LogP contribution >= 0.6 is 0 Å². The summed E-state index contributed by atoms with van der Waals surface area (Å²) in [5.74, 6) is 4.08. The van der Waals surface area contributed by atoms with Gasteiger partial charge in [0.25, 0.3) is 0 Å². The zero-order valence-electron chi connectivity index (χ0n) is 15.9. The van der Waals surface area contributed by atoms with Gasteiger partial charge in [-0.25, -0.2) is 4.79 Å². The molecule has 0 aromatic rings. The summed E-state index contributed by atoms with van der Waals surface area (Å²) < 4.78 is 5.49. The van der Waals surface area contributed by atoms with Gasteiger partial charge in [-0.3, -0.25) is 0 Å². The van der Waals surface area contributed by atoms with Crippen molar-refractivity contribution in [1.29, 1.82) is 0 Å². The van der Waals surface area contributed by atoms with Crippen molar-refractivity contribution in [2.75, 3.05) is 13.1 Å². The van der Waals surface area contributed by atoms with Crippen LogP contribution in [0.3, 0.4) is 0 Å². The minimum Gasteiger partial charge on any atom is -0.444 e. The lowest BCUT2D eigenvalue weighted by Crippen LogP contribution is -2.64. The third-order valence-corrected chi connectivity index (χ3v) is 7.26. The Balaban J connectivity index is 1.23. The Morgan fingerprint density at radius 3 is 2.08 bits per heavy atom. The number of carbonyl (C=O) groups excluding carboxylic acids is 1. The molecule has 3 heteroatoms. The van der Waals surface area contributed by atoms with Crippen molar-refractivity contribution >= 4 is 6.09 Å². The molecule has 0 aromatic heterocycles. The lowest BCUT2D eigenvalue weighted by Gasteiger charge is -2.60. The molecule has 1 amide bonds. The SMILES string of the molecule is CC(C)(C)OC(=O)N1CC2(CC(CC3C4CCCC3CCC4)C2)C1. The monoisotopic (exact) mass is 333 g/mol. The largest absolute Gasteiger partial charge is 0.444 e. The van der Waals surface area contributed by atoms with Crippen molar-refractivity contribution in [3.63, 3.8) is 0 Å². The highest BCUT2D eigenvalue weighted by molar-refractivity contribution is 5.69. The summed E-state index contributed by atoms with van der Waals surface area (Å²) >= 11 is 0. The van der Waals surface area contributed by atoms with Gasteiger partial charge in [0.05, 0.1) is 0 Å². The van der Waals surface area contributed by atoms with Crippen LogP contribution in [0.5, 0.6) is 0 Å². The average molecular weight is 334 g/mol. The lowest BCUT2D eigenvalue weighted by atomic mass is 9.53. The zero-order chi connectivity index (χ0) is 16.9. The molecular weight excluding hydrogens is 298 g/mol. The maximum absolute atomic E-state index is 12.1. The summed E-state index contributed by atoms with van der Waals surface area (Å²) in [6.07, 6.45) is 13.1. The van der Waals surface area contributed by atoms with Gasteiger partial charge in [-0.05, 0) is 63.7 Å². The molecule has 3 nitrogen and oxygen atoms in total. The first-order valence-electron chi connectivity index (χ1n) is 10.3. The van der Waals surface area contributed by atoms with Gasteiger partial charge in [0, 0.05) is 18.5 Å². The molecule has 0 atom stereocenters. The van der Waals surface area contributed by atoms with Crippen LogP contribution in [0.2, 0.25) is 0 Å². The zero-order valence-corrected chi connectivity index (χ0v) is 15.9. The third kappa shape index (κ3) is 3.20. The van der Waals surface area contributed by atoms with Crippen molar-refractivity contribution in [1.82, 2.24) is 4.90 Å². The van der Waals surface area contributed by atoms with E-state index in [9.17, 15) is 4.79 Å². The molecule has 0 unspecified atom stereocenters. The van der Waals surface area contributed by atoms with Crippen molar-refractivity contribution in [2.45, 2.75) is 84.2 Å². The smallest absolute Gasteiger partial charge is 0.410 e. The predicted molar refractivity (Wildman–Crippen MR) is 95.8 cm³/mol. The second kappa shape index (κ2) is 5.92. The van der Waals surface area contributed by atoms with Gasteiger partial charge in [-0.1, -0.05) is 38.5 Å². The maximum Gasteiger partial charge on any atom is 0.410 e. The Kier molecular flexibility index (Phi) is 4.12. The first-order valence-corrected chi connectivity index (χ1v) is 10.3. The van der Waals surface area contributed by atoms with Gasteiger partial charge in [-0.2, -0.15) is 0 Å². The average Bonchev–Trinajstić information content (AvgIpc) is 2.37. The van der Waals surface area contributed by atoms with Crippen molar-refractivity contribution in [2.24, 2.45) is 29.1 Å². The molecule has 0 radical (unpaired) electrons. The second-order valence-corrected chi connectivity index (χ2v) is 10.4. The number of likely N-dealkylation sites (tertiary alicyclic amines) is 1. The molecule has 1 aliphatic heterocycles. The molecule has 4 rings (SSSR count). The molecule has 4 aliphatic rings. The van der Waals surface area contributed by atoms with E-state index in [1.165, 1.54) is 57.8 Å². The van der Waals surface area contributed by atoms with E-state index in [0.29, 0.717) is 5.41 Å². The van der Waals surface area contributed by atoms with Gasteiger partial charge in [0.2, 0.25) is 0 Å². The Morgan fingerprint density at radius 1 is 1.04 bits per heavy atom. The first-order chi connectivity index (χ1) is 11.3. The number of carbonyl (C=O) groups is 1. The minimum absolute atomic E-state index is 0.113. The quantitative estimate of drug-likeness (QED) is 0.691. The summed E-state index contributed by atoms with van der Waals surface area (Å²) in [5.41, 5.74) is 0.0894. The highest BCUT2D eigenvalue weighted by Crippen LogP contribution is 2.57. The molecule has 1 spiro atoms. The summed E-state index contributed by atoms with van der Waals surface area (Å²) in [6.45, 7) is 7.72. The van der Waals surface area contributed by atoms with Crippen LogP contribution in [0, 0.1) is 29.1 Å². The Labute approximate surface area is 147 Å². The number of rotatable bonds is 2. The number of amides is 1. The molecule has 3 aliphatic carbocycles. The molecule has 136 valence electrons. The van der Waals surface area contributed by atoms with Crippen LogP contribution in [0.25, 0.3) is 0 Å². The molecule has 0 aromatic carbocycles. The summed E-state index contributed by atoms with van der Waals surface area (Å²) in [5, 5.41) is 0. The van der Waals surface area contributed by atoms with E-state index in [4.69, 9.17) is 4.74 Å². The Hall–Kier alpha value is -0.730. The van der Waals surface area contributed by atoms with E-state index in [0.717, 1.165) is 36.8 Å². The van der Waals surface area contributed by atoms with Crippen molar-refractivity contribution < 1.29 is 9.53 Å². The molecule has 24 heavy (non-hydrogen) atoms. The first kappa shape index (κ1) is 16.7. The Bertz CT molecular complexity index is 459. The molecule has 4 fully saturated rings. The maximum atomic E-state index is 12.1. The van der Waals surface area contributed by atoms with Crippen molar-refractivity contribution in [3.8, 4) is 0 Å². The Morgan fingerprint density at radius 2 is 1.58 bits per heavy atom. The van der Waals surface area contributed by atoms with E-state index in [-0.39, 0.29) is 11.7 Å². The summed E-state index contributed by atoms with van der Waals surface area (Å²) in [4.78, 5) is 14.0. The van der Waals surface area contributed by atoms with E-state index in [1.807, 2.05) is 25.7 Å². The number of hydrogen-bond acceptors (Lipinski definition) is 2. The highest BCUT2D eigenvalue weighted by atomic mass is 16.6. The summed E-state index contributed by atoms with van der Waals surface area (Å²) in [6, 6.07) is 0. The molecule has 1 heterocycles. The third-order valence-electron chi connectivity index (χ3n) is 7.26. The number of nitrogens with zero attached hydrogens (tertiary/aromatic N) is 1. The van der Waals surface area contributed by atoms with Crippen molar-refractivity contribution in [3.05, 3.63) is 0 Å². The van der Waals surface area contributed by atoms with Crippen LogP contribution in [0.1, 0.15) is 78.6 Å². The highest BCUT2D eigenvalue weighted by Gasteiger charge is 2.55. The van der Waals surface area contributed by atoms with Crippen LogP contribution in [0.4, 0.5) is 4.79 Å². The van der Waals surface area contributed by atoms with Crippen LogP contribution in [0.15, 0.2) is 0 Å². The van der Waals surface area contributed by atoms with Crippen LogP contribution in [-0.4, -0.2) is 29.7 Å². The van der Waals surface area contributed by atoms with E-state index < -0.39 is 0 Å². The van der Waals surface area contributed by atoms with Crippen LogP contribution in [-0.2, 0) is 4.74 Å². The van der Waals surface area contributed by atoms with E-state index in [1.54, 1.807) is 0 Å². The molecule has 3 saturated carbocycles. The predicted octanol–water partition coefficient (Wildman–Crippen LogP) is 5.24. The minimum atomic E-state index is -0.374. The van der Waals surface area contributed by atoms with Gasteiger partial charge < -0.3 is 9.64 Å². The normalized spacial score (nSPS) is 35.3. The standard InChI is InChI=1S/C21H35NO2/c1-20(2,3)24-19(23)22-13-21(14-22)11-15(12-21)10-18-16-6-4-7-17(18)9-5-8-16/h15-18H,4-14H2,1-3H3. The molecule has 0 N–H and O–H groups in total. The van der Waals surface area contributed by atoms with Crippen LogP contribution < -0.4 is 0 Å². The number of hydrogen-bond donors (Lipinski definition) is 0. The fourth-order valence-corrected chi connectivity index (χ4v) is 6.39. The fraction of sp³-hybridized carbons (Fsp3) is 0.952. The fourth-order valence-electron chi connectivity index (χ4n) is 6.39. The second-order valence-electron chi connectivity index (χ2n) is 10.4. The van der Waals surface area contributed by atoms with E-state index >= 15 is 0 Å². The lowest BCUT2D eigenvalue weighted by molar-refractivity contribution is -0.105. The van der Waals surface area contributed by atoms with E-state index in [2.05, 4.69) is 0 Å². The van der Waals surface area contributed by atoms with Gasteiger partial charge in [0.1, 0.15) is 5.60 Å². The molecule has 1 saturated heterocycles. The number of fused-ring (bicyclic) bond motifs is 2.